The second kappa shape index (κ2) is 9.07. The van der Waals surface area contributed by atoms with Crippen LogP contribution in [0.3, 0.4) is 0 Å². The second-order valence-electron chi connectivity index (χ2n) is 6.74. The van der Waals surface area contributed by atoms with Crippen molar-refractivity contribution in [2.75, 3.05) is 11.8 Å². The van der Waals surface area contributed by atoms with Gasteiger partial charge in [-0.05, 0) is 42.0 Å². The van der Waals surface area contributed by atoms with E-state index in [0.717, 1.165) is 28.7 Å². The Hall–Kier alpha value is -3.28. The minimum atomic E-state index is -3.98. The maximum Gasteiger partial charge on any atom is 0.263 e. The molecule has 166 valence electrons. The third-order valence-electron chi connectivity index (χ3n) is 4.54. The summed E-state index contributed by atoms with van der Waals surface area (Å²) >= 11 is 1.12. The van der Waals surface area contributed by atoms with E-state index in [4.69, 9.17) is 9.47 Å². The molecule has 0 saturated carbocycles. The summed E-state index contributed by atoms with van der Waals surface area (Å²) in [7, 11) is -0.590. The Bertz CT molecular complexity index is 1340. The van der Waals surface area contributed by atoms with E-state index < -0.39 is 15.8 Å². The summed E-state index contributed by atoms with van der Waals surface area (Å²) in [6.07, 6.45) is 3.12. The Morgan fingerprint density at radius 2 is 1.94 bits per heavy atom. The lowest BCUT2D eigenvalue weighted by Gasteiger charge is -2.14. The molecule has 0 radical (unpaired) electrons. The van der Waals surface area contributed by atoms with Crippen LogP contribution in [0.25, 0.3) is 11.3 Å². The molecule has 0 bridgehead atoms. The number of halogens is 1. The summed E-state index contributed by atoms with van der Waals surface area (Å²) in [4.78, 5) is 3.64. The van der Waals surface area contributed by atoms with Gasteiger partial charge in [0, 0.05) is 37.5 Å². The van der Waals surface area contributed by atoms with E-state index >= 15 is 0 Å². The van der Waals surface area contributed by atoms with E-state index in [2.05, 4.69) is 14.8 Å². The number of benzene rings is 2. The molecule has 0 unspecified atom stereocenters. The van der Waals surface area contributed by atoms with Crippen LogP contribution in [0, 0.1) is 5.82 Å². The molecule has 0 aliphatic rings. The molecule has 11 heteroatoms. The first-order valence-electron chi connectivity index (χ1n) is 9.37. The van der Waals surface area contributed by atoms with Crippen molar-refractivity contribution in [2.24, 2.45) is 7.05 Å². The number of anilines is 1. The Morgan fingerprint density at radius 1 is 1.12 bits per heavy atom. The van der Waals surface area contributed by atoms with E-state index in [1.807, 2.05) is 18.2 Å². The van der Waals surface area contributed by atoms with Gasteiger partial charge in [-0.25, -0.2) is 17.8 Å². The molecule has 0 aliphatic heterocycles. The number of hydrogen-bond acceptors (Lipinski definition) is 7. The van der Waals surface area contributed by atoms with E-state index in [1.54, 1.807) is 36.5 Å². The van der Waals surface area contributed by atoms with E-state index in [0.29, 0.717) is 17.9 Å². The van der Waals surface area contributed by atoms with Crippen LogP contribution < -0.4 is 9.46 Å². The summed E-state index contributed by atoms with van der Waals surface area (Å²) in [5, 5.41) is 6.01. The summed E-state index contributed by atoms with van der Waals surface area (Å²) in [6.45, 7) is 0.401. The highest BCUT2D eigenvalue weighted by Crippen LogP contribution is 2.35. The predicted octanol–water partition coefficient (Wildman–Crippen LogP) is 4.42. The average molecular weight is 475 g/mol. The number of sulfonamides is 1. The van der Waals surface area contributed by atoms with Gasteiger partial charge in [-0.3, -0.25) is 9.40 Å². The van der Waals surface area contributed by atoms with E-state index in [9.17, 15) is 12.8 Å². The van der Waals surface area contributed by atoms with E-state index in [-0.39, 0.29) is 15.8 Å². The third kappa shape index (κ3) is 4.64. The molecule has 2 aromatic carbocycles. The Balaban J connectivity index is 1.65. The monoisotopic (exact) mass is 474 g/mol. The van der Waals surface area contributed by atoms with Gasteiger partial charge in [0.05, 0.1) is 17.2 Å². The lowest BCUT2D eigenvalue weighted by atomic mass is 10.1. The SMILES string of the molecule is COCc1ccc(Oc2ccc(S(=O)(=O)Nc3nccs3)cc2F)c(-c2ccnn2C)c1. The van der Waals surface area contributed by atoms with Crippen LogP contribution in [0.1, 0.15) is 5.56 Å². The number of hydrogen-bond donors (Lipinski definition) is 1. The van der Waals surface area contributed by atoms with Crippen LogP contribution in [0.15, 0.2) is 65.1 Å². The average Bonchev–Trinajstić information content (AvgIpc) is 3.42. The minimum absolute atomic E-state index is 0.110. The molecule has 4 rings (SSSR count). The number of aryl methyl sites for hydroxylation is 1. The number of ether oxygens (including phenoxy) is 2. The first-order valence-corrected chi connectivity index (χ1v) is 11.7. The van der Waals surface area contributed by atoms with E-state index in [1.165, 1.54) is 18.3 Å². The molecule has 32 heavy (non-hydrogen) atoms. The third-order valence-corrected chi connectivity index (χ3v) is 6.69. The molecule has 0 aliphatic carbocycles. The largest absolute Gasteiger partial charge is 0.454 e. The highest BCUT2D eigenvalue weighted by atomic mass is 32.2. The van der Waals surface area contributed by atoms with Gasteiger partial charge in [-0.2, -0.15) is 5.10 Å². The van der Waals surface area contributed by atoms with Crippen molar-refractivity contribution in [3.63, 3.8) is 0 Å². The van der Waals surface area contributed by atoms with Crippen molar-refractivity contribution in [2.45, 2.75) is 11.5 Å². The number of methoxy groups -OCH3 is 1. The molecule has 8 nitrogen and oxygen atoms in total. The predicted molar refractivity (Wildman–Crippen MR) is 119 cm³/mol. The lowest BCUT2D eigenvalue weighted by Crippen LogP contribution is -2.13. The van der Waals surface area contributed by atoms with Gasteiger partial charge in [-0.15, -0.1) is 11.3 Å². The summed E-state index contributed by atoms with van der Waals surface area (Å²) in [6, 6.07) is 10.7. The van der Waals surface area contributed by atoms with Gasteiger partial charge in [0.1, 0.15) is 5.75 Å². The fourth-order valence-corrected chi connectivity index (χ4v) is 4.86. The molecular weight excluding hydrogens is 455 g/mol. The van der Waals surface area contributed by atoms with Crippen molar-refractivity contribution >= 4 is 26.5 Å². The molecule has 0 saturated heterocycles. The second-order valence-corrected chi connectivity index (χ2v) is 9.32. The van der Waals surface area contributed by atoms with Gasteiger partial charge in [-0.1, -0.05) is 6.07 Å². The first kappa shape index (κ1) is 21.9. The van der Waals surface area contributed by atoms with Crippen molar-refractivity contribution in [1.82, 2.24) is 14.8 Å². The first-order chi connectivity index (χ1) is 15.4. The molecule has 1 N–H and O–H groups in total. The highest BCUT2D eigenvalue weighted by Gasteiger charge is 2.19. The Kier molecular flexibility index (Phi) is 6.21. The molecule has 0 fully saturated rings. The normalized spacial score (nSPS) is 11.5. The number of nitrogens with zero attached hydrogens (tertiary/aromatic N) is 3. The number of thiazole rings is 1. The van der Waals surface area contributed by atoms with Crippen LogP contribution in [0.4, 0.5) is 9.52 Å². The summed E-state index contributed by atoms with van der Waals surface area (Å²) < 4.78 is 54.9. The van der Waals surface area contributed by atoms with Crippen molar-refractivity contribution in [3.8, 4) is 22.8 Å². The summed E-state index contributed by atoms with van der Waals surface area (Å²) in [5.41, 5.74) is 2.37. The molecule has 4 aromatic rings. The number of aromatic nitrogens is 3. The molecule has 2 heterocycles. The Morgan fingerprint density at radius 3 is 2.59 bits per heavy atom. The fourth-order valence-electron chi connectivity index (χ4n) is 3.06. The fraction of sp³-hybridized carbons (Fsp3) is 0.143. The molecule has 0 atom stereocenters. The van der Waals surface area contributed by atoms with Crippen molar-refractivity contribution < 1.29 is 22.3 Å². The lowest BCUT2D eigenvalue weighted by molar-refractivity contribution is 0.185. The zero-order valence-electron chi connectivity index (χ0n) is 17.1. The van der Waals surface area contributed by atoms with Crippen LogP contribution in [0.2, 0.25) is 0 Å². The Labute approximate surface area is 188 Å². The van der Waals surface area contributed by atoms with Gasteiger partial charge in [0.25, 0.3) is 10.0 Å². The van der Waals surface area contributed by atoms with Gasteiger partial charge >= 0.3 is 0 Å². The smallest absolute Gasteiger partial charge is 0.263 e. The maximum absolute atomic E-state index is 14.8. The van der Waals surface area contributed by atoms with Crippen LogP contribution in [-0.4, -0.2) is 30.3 Å². The quantitative estimate of drug-likeness (QED) is 0.406. The molecular formula is C21H19FN4O4S2. The topological polar surface area (TPSA) is 95.3 Å². The van der Waals surface area contributed by atoms with Crippen LogP contribution >= 0.6 is 11.3 Å². The van der Waals surface area contributed by atoms with Crippen LogP contribution in [-0.2, 0) is 28.4 Å². The highest BCUT2D eigenvalue weighted by molar-refractivity contribution is 7.93. The van der Waals surface area contributed by atoms with Gasteiger partial charge in [0.15, 0.2) is 16.7 Å². The van der Waals surface area contributed by atoms with Crippen molar-refractivity contribution in [1.29, 1.82) is 0 Å². The van der Waals surface area contributed by atoms with Gasteiger partial charge in [0.2, 0.25) is 0 Å². The standard InChI is InChI=1S/C21H19FN4O4S2/c1-26-18(7-8-24-26)16-11-14(13-29-2)3-5-19(16)30-20-6-4-15(12-17(20)22)32(27,28)25-21-23-9-10-31-21/h3-12H,13H2,1-2H3,(H,23,25). The van der Waals surface area contributed by atoms with Gasteiger partial charge < -0.3 is 9.47 Å². The summed E-state index contributed by atoms with van der Waals surface area (Å²) in [5.74, 6) is -0.533. The van der Waals surface area contributed by atoms with Crippen LogP contribution in [0.5, 0.6) is 11.5 Å². The molecule has 0 amide bonds. The zero-order chi connectivity index (χ0) is 22.7. The zero-order valence-corrected chi connectivity index (χ0v) is 18.8. The van der Waals surface area contributed by atoms with Crippen molar-refractivity contribution in [3.05, 3.63) is 71.6 Å². The molecule has 0 spiro atoms. The minimum Gasteiger partial charge on any atom is -0.454 e. The number of rotatable bonds is 8. The maximum atomic E-state index is 14.8. The molecule has 2 aromatic heterocycles. The number of nitrogens with one attached hydrogen (secondary N) is 1.